The summed E-state index contributed by atoms with van der Waals surface area (Å²) in [6.07, 6.45) is 0.831. The second-order valence-corrected chi connectivity index (χ2v) is 7.93. The number of halogens is 3. The number of hydrogen-bond acceptors (Lipinski definition) is 6. The Morgan fingerprint density at radius 1 is 1.06 bits per heavy atom. The van der Waals surface area contributed by atoms with Gasteiger partial charge >= 0.3 is 12.0 Å². The predicted octanol–water partition coefficient (Wildman–Crippen LogP) is 4.40. The molecule has 1 fully saturated rings. The van der Waals surface area contributed by atoms with E-state index in [4.69, 9.17) is 16.3 Å². The molecule has 2 amide bonds. The summed E-state index contributed by atoms with van der Waals surface area (Å²) in [5.74, 6) is -0.823. The standard InChI is InChI=1S/C23H29ClN4O4.2ClH/c1-2-32-22(30)20-16-18(6-9-21(20)29)26-23(31)25-10-3-11-27-12-14-28(15-13-27)19-7-4-17(24)5-8-19;;/h4-9,16,29H,2-3,10-15H2,1H3,(H2,25,26,31);2*1H. The molecule has 34 heavy (non-hydrogen) atoms. The van der Waals surface area contributed by atoms with Gasteiger partial charge in [0.2, 0.25) is 0 Å². The first-order chi connectivity index (χ1) is 15.5. The van der Waals surface area contributed by atoms with Gasteiger partial charge in [0.15, 0.2) is 0 Å². The quantitative estimate of drug-likeness (QED) is 0.265. The Morgan fingerprint density at radius 2 is 1.74 bits per heavy atom. The number of rotatable bonds is 8. The fourth-order valence-corrected chi connectivity index (χ4v) is 3.67. The number of nitrogens with zero attached hydrogens (tertiary/aromatic N) is 2. The highest BCUT2D eigenvalue weighted by Gasteiger charge is 2.17. The number of amides is 2. The molecule has 11 heteroatoms. The molecule has 8 nitrogen and oxygen atoms in total. The Kier molecular flexibility index (Phi) is 12.9. The normalized spacial score (nSPS) is 13.3. The number of benzene rings is 2. The number of urea groups is 1. The summed E-state index contributed by atoms with van der Waals surface area (Å²) in [4.78, 5) is 28.7. The molecular formula is C23H31Cl3N4O4. The lowest BCUT2D eigenvalue weighted by Gasteiger charge is -2.36. The third-order valence-corrected chi connectivity index (χ3v) is 5.50. The molecule has 0 unspecified atom stereocenters. The molecule has 1 saturated heterocycles. The molecule has 0 saturated carbocycles. The summed E-state index contributed by atoms with van der Waals surface area (Å²) in [5, 5.41) is 16.1. The molecular weight excluding hydrogens is 503 g/mol. The van der Waals surface area contributed by atoms with Gasteiger partial charge in [-0.25, -0.2) is 9.59 Å². The topological polar surface area (TPSA) is 94.1 Å². The SMILES string of the molecule is CCOC(=O)c1cc(NC(=O)NCCCN2CCN(c3ccc(Cl)cc3)CC2)ccc1O.Cl.Cl. The number of anilines is 2. The van der Waals surface area contributed by atoms with E-state index in [0.717, 1.165) is 44.2 Å². The van der Waals surface area contributed by atoms with Crippen molar-refractivity contribution >= 4 is 59.8 Å². The highest BCUT2D eigenvalue weighted by atomic mass is 35.5. The van der Waals surface area contributed by atoms with Gasteiger partial charge in [-0.3, -0.25) is 4.90 Å². The van der Waals surface area contributed by atoms with E-state index in [-0.39, 0.29) is 48.8 Å². The van der Waals surface area contributed by atoms with Crippen LogP contribution in [0.4, 0.5) is 16.2 Å². The molecule has 0 aromatic heterocycles. The number of carbonyl (C=O) groups excluding carboxylic acids is 2. The molecule has 0 radical (unpaired) electrons. The second-order valence-electron chi connectivity index (χ2n) is 7.49. The number of aromatic hydroxyl groups is 1. The lowest BCUT2D eigenvalue weighted by Crippen LogP contribution is -2.47. The molecule has 1 heterocycles. The van der Waals surface area contributed by atoms with Crippen LogP contribution in [-0.4, -0.2) is 67.9 Å². The van der Waals surface area contributed by atoms with Crippen LogP contribution in [0.2, 0.25) is 5.02 Å². The zero-order valence-electron chi connectivity index (χ0n) is 19.0. The van der Waals surface area contributed by atoms with Crippen molar-refractivity contribution in [2.24, 2.45) is 0 Å². The minimum atomic E-state index is -0.634. The molecule has 3 rings (SSSR count). The molecule has 3 N–H and O–H groups in total. The van der Waals surface area contributed by atoms with Gasteiger partial charge in [-0.05, 0) is 62.4 Å². The highest BCUT2D eigenvalue weighted by Crippen LogP contribution is 2.22. The summed E-state index contributed by atoms with van der Waals surface area (Å²) in [6, 6.07) is 11.8. The number of nitrogens with one attached hydrogen (secondary N) is 2. The molecule has 0 bridgehead atoms. The summed E-state index contributed by atoms with van der Waals surface area (Å²) >= 11 is 5.96. The molecule has 0 aliphatic carbocycles. The Bertz CT molecular complexity index is 923. The number of ether oxygens (including phenoxy) is 1. The van der Waals surface area contributed by atoms with Crippen molar-refractivity contribution in [1.29, 1.82) is 0 Å². The number of phenolic OH excluding ortho intramolecular Hbond substituents is 1. The predicted molar refractivity (Wildman–Crippen MR) is 140 cm³/mol. The lowest BCUT2D eigenvalue weighted by atomic mass is 10.2. The van der Waals surface area contributed by atoms with Crippen LogP contribution < -0.4 is 15.5 Å². The largest absolute Gasteiger partial charge is 0.507 e. The van der Waals surface area contributed by atoms with Crippen LogP contribution in [0.1, 0.15) is 23.7 Å². The minimum absolute atomic E-state index is 0. The monoisotopic (exact) mass is 532 g/mol. The van der Waals surface area contributed by atoms with Crippen molar-refractivity contribution in [3.05, 3.63) is 53.1 Å². The van der Waals surface area contributed by atoms with E-state index >= 15 is 0 Å². The Labute approximate surface area is 217 Å². The molecule has 188 valence electrons. The Morgan fingerprint density at radius 3 is 2.38 bits per heavy atom. The molecule has 2 aromatic carbocycles. The lowest BCUT2D eigenvalue weighted by molar-refractivity contribution is 0.0523. The van der Waals surface area contributed by atoms with Crippen LogP contribution in [0.5, 0.6) is 5.75 Å². The van der Waals surface area contributed by atoms with Gasteiger partial charge in [-0.2, -0.15) is 0 Å². The van der Waals surface area contributed by atoms with Crippen molar-refractivity contribution in [2.75, 3.05) is 56.1 Å². The van der Waals surface area contributed by atoms with Gasteiger partial charge in [0.05, 0.1) is 6.61 Å². The second kappa shape index (κ2) is 14.8. The van der Waals surface area contributed by atoms with E-state index in [1.165, 1.54) is 23.9 Å². The van der Waals surface area contributed by atoms with Crippen LogP contribution >= 0.6 is 36.4 Å². The van der Waals surface area contributed by atoms with E-state index in [9.17, 15) is 14.7 Å². The number of hydrogen-bond donors (Lipinski definition) is 3. The van der Waals surface area contributed by atoms with Gasteiger partial charge in [0.1, 0.15) is 11.3 Å². The van der Waals surface area contributed by atoms with Gasteiger partial charge in [0.25, 0.3) is 0 Å². The average molecular weight is 534 g/mol. The highest BCUT2D eigenvalue weighted by molar-refractivity contribution is 6.30. The van der Waals surface area contributed by atoms with Gasteiger partial charge in [-0.15, -0.1) is 24.8 Å². The van der Waals surface area contributed by atoms with E-state index in [0.29, 0.717) is 12.2 Å². The first-order valence-corrected chi connectivity index (χ1v) is 11.1. The fraction of sp³-hybridized carbons (Fsp3) is 0.391. The van der Waals surface area contributed by atoms with Gasteiger partial charge in [-0.1, -0.05) is 11.6 Å². The smallest absolute Gasteiger partial charge is 0.341 e. The molecule has 1 aliphatic heterocycles. The summed E-state index contributed by atoms with van der Waals surface area (Å²) in [5.41, 5.74) is 1.61. The molecule has 1 aliphatic rings. The van der Waals surface area contributed by atoms with Crippen molar-refractivity contribution in [2.45, 2.75) is 13.3 Å². The van der Waals surface area contributed by atoms with E-state index < -0.39 is 5.97 Å². The van der Waals surface area contributed by atoms with Crippen LogP contribution in [0.15, 0.2) is 42.5 Å². The number of piperazine rings is 1. The van der Waals surface area contributed by atoms with E-state index in [1.807, 2.05) is 24.3 Å². The van der Waals surface area contributed by atoms with Crippen LogP contribution in [0, 0.1) is 0 Å². The molecule has 0 spiro atoms. The maximum atomic E-state index is 12.1. The first kappa shape index (κ1) is 29.6. The summed E-state index contributed by atoms with van der Waals surface area (Å²) in [6.45, 7) is 7.18. The van der Waals surface area contributed by atoms with Crippen molar-refractivity contribution < 1.29 is 19.4 Å². The third kappa shape index (κ3) is 8.76. The first-order valence-electron chi connectivity index (χ1n) is 10.7. The number of phenols is 1. The summed E-state index contributed by atoms with van der Waals surface area (Å²) in [7, 11) is 0. The van der Waals surface area contributed by atoms with Crippen molar-refractivity contribution in [3.8, 4) is 5.75 Å². The Balaban J connectivity index is 0.00000289. The number of esters is 1. The molecule has 2 aromatic rings. The van der Waals surface area contributed by atoms with Gasteiger partial charge < -0.3 is 25.4 Å². The average Bonchev–Trinajstić information content (AvgIpc) is 2.79. The van der Waals surface area contributed by atoms with Gasteiger partial charge in [0, 0.05) is 49.1 Å². The maximum Gasteiger partial charge on any atom is 0.341 e. The zero-order chi connectivity index (χ0) is 22.9. The molecule has 0 atom stereocenters. The third-order valence-electron chi connectivity index (χ3n) is 5.25. The van der Waals surface area contributed by atoms with Crippen LogP contribution in [0.3, 0.4) is 0 Å². The van der Waals surface area contributed by atoms with Crippen LogP contribution in [-0.2, 0) is 4.74 Å². The van der Waals surface area contributed by atoms with Crippen LogP contribution in [0.25, 0.3) is 0 Å². The van der Waals surface area contributed by atoms with Crippen molar-refractivity contribution in [1.82, 2.24) is 10.2 Å². The summed E-state index contributed by atoms with van der Waals surface area (Å²) < 4.78 is 4.90. The maximum absolute atomic E-state index is 12.1. The van der Waals surface area contributed by atoms with Crippen molar-refractivity contribution in [3.63, 3.8) is 0 Å². The zero-order valence-corrected chi connectivity index (χ0v) is 21.3. The van der Waals surface area contributed by atoms with E-state index in [1.54, 1.807) is 6.92 Å². The fourth-order valence-electron chi connectivity index (χ4n) is 3.55. The number of carbonyl (C=O) groups is 2. The van der Waals surface area contributed by atoms with E-state index in [2.05, 4.69) is 20.4 Å². The minimum Gasteiger partial charge on any atom is -0.507 e. The Hall–Kier alpha value is -2.39.